The molecule has 0 radical (unpaired) electrons. The van der Waals surface area contributed by atoms with Gasteiger partial charge >= 0.3 is 0 Å². The summed E-state index contributed by atoms with van der Waals surface area (Å²) in [6.07, 6.45) is 3.26. The second-order valence-electron chi connectivity index (χ2n) is 3.48. The number of hydrogen-bond donors (Lipinski definition) is 0. The number of halogens is 1. The molecule has 0 N–H and O–H groups in total. The zero-order valence-corrected chi connectivity index (χ0v) is 7.56. The van der Waals surface area contributed by atoms with Gasteiger partial charge in [0.1, 0.15) is 0 Å². The molecule has 0 aliphatic carbocycles. The van der Waals surface area contributed by atoms with E-state index in [4.69, 9.17) is 0 Å². The first-order chi connectivity index (χ1) is 4.79. The number of hydrogen-bond acceptors (Lipinski definition) is 1. The zero-order valence-electron chi connectivity index (χ0n) is 6.75. The number of fused-ring (bicyclic) bond motifs is 1. The zero-order chi connectivity index (χ0) is 7.14. The largest absolute Gasteiger partial charge is 0.339 e. The third kappa shape index (κ3) is 1.24. The molecule has 11 heavy (non-hydrogen) atoms. The predicted molar refractivity (Wildman–Crippen MR) is 45.8 cm³/mol. The number of rotatable bonds is 0. The third-order valence-corrected chi connectivity index (χ3v) is 2.77. The summed E-state index contributed by atoms with van der Waals surface area (Å²) in [5.41, 5.74) is 0. The normalized spacial score (nSPS) is 35.4. The number of nitrogens with zero attached hydrogens (tertiary/aromatic N) is 1. The van der Waals surface area contributed by atoms with Crippen LogP contribution >= 0.6 is 12.4 Å². The molecule has 2 aliphatic heterocycles. The molecular formula is C8H14ClNO. The minimum Gasteiger partial charge on any atom is -0.339 e. The van der Waals surface area contributed by atoms with Gasteiger partial charge in [-0.25, -0.2) is 0 Å². The Morgan fingerprint density at radius 2 is 2.27 bits per heavy atom. The molecular weight excluding hydrogens is 162 g/mol. The van der Waals surface area contributed by atoms with Crippen LogP contribution in [-0.4, -0.2) is 23.4 Å². The van der Waals surface area contributed by atoms with Crippen molar-refractivity contribution in [1.29, 1.82) is 0 Å². The van der Waals surface area contributed by atoms with Crippen LogP contribution in [0.1, 0.15) is 26.2 Å². The molecule has 2 rings (SSSR count). The summed E-state index contributed by atoms with van der Waals surface area (Å²) >= 11 is 0. The van der Waals surface area contributed by atoms with Gasteiger partial charge < -0.3 is 4.90 Å². The van der Waals surface area contributed by atoms with Gasteiger partial charge in [-0.3, -0.25) is 4.79 Å². The first-order valence-corrected chi connectivity index (χ1v) is 4.08. The Kier molecular flexibility index (Phi) is 2.43. The Morgan fingerprint density at radius 3 is 2.91 bits per heavy atom. The molecule has 1 amide bonds. The van der Waals surface area contributed by atoms with Crippen molar-refractivity contribution in [3.8, 4) is 0 Å². The molecule has 2 unspecified atom stereocenters. The first-order valence-electron chi connectivity index (χ1n) is 4.08. The second kappa shape index (κ2) is 3.02. The Bertz CT molecular complexity index is 171. The highest BCUT2D eigenvalue weighted by molar-refractivity contribution is 5.85. The van der Waals surface area contributed by atoms with E-state index < -0.39 is 0 Å². The minimum absolute atomic E-state index is 0. The van der Waals surface area contributed by atoms with Gasteiger partial charge in [0.05, 0.1) is 0 Å². The van der Waals surface area contributed by atoms with Crippen LogP contribution in [0.4, 0.5) is 0 Å². The van der Waals surface area contributed by atoms with E-state index in [9.17, 15) is 4.79 Å². The molecule has 2 fully saturated rings. The molecule has 0 aromatic heterocycles. The molecule has 2 atom stereocenters. The molecule has 64 valence electrons. The minimum atomic E-state index is 0. The molecule has 0 aromatic rings. The summed E-state index contributed by atoms with van der Waals surface area (Å²) in [5, 5.41) is 0. The van der Waals surface area contributed by atoms with Crippen LogP contribution in [0, 0.1) is 5.92 Å². The fourth-order valence-electron chi connectivity index (χ4n) is 2.22. The van der Waals surface area contributed by atoms with E-state index in [2.05, 4.69) is 11.8 Å². The van der Waals surface area contributed by atoms with Gasteiger partial charge in [0.2, 0.25) is 5.91 Å². The van der Waals surface area contributed by atoms with Gasteiger partial charge in [0.15, 0.2) is 0 Å². The molecule has 0 spiro atoms. The van der Waals surface area contributed by atoms with E-state index in [0.29, 0.717) is 17.9 Å². The topological polar surface area (TPSA) is 20.3 Å². The Morgan fingerprint density at radius 1 is 1.55 bits per heavy atom. The molecule has 0 bridgehead atoms. The molecule has 0 saturated carbocycles. The monoisotopic (exact) mass is 175 g/mol. The lowest BCUT2D eigenvalue weighted by molar-refractivity contribution is -0.127. The lowest BCUT2D eigenvalue weighted by Gasteiger charge is -2.16. The number of amides is 1. The Hall–Kier alpha value is -0.240. The predicted octanol–water partition coefficient (Wildman–Crippen LogP) is 1.44. The van der Waals surface area contributed by atoms with Crippen molar-refractivity contribution < 1.29 is 4.79 Å². The lowest BCUT2D eigenvalue weighted by atomic mass is 10.0. The van der Waals surface area contributed by atoms with Crippen molar-refractivity contribution in [2.45, 2.75) is 32.2 Å². The second-order valence-corrected chi connectivity index (χ2v) is 3.48. The highest BCUT2D eigenvalue weighted by Gasteiger charge is 2.39. The van der Waals surface area contributed by atoms with Crippen molar-refractivity contribution in [3.05, 3.63) is 0 Å². The molecule has 2 saturated heterocycles. The van der Waals surface area contributed by atoms with Crippen LogP contribution in [0.5, 0.6) is 0 Å². The van der Waals surface area contributed by atoms with Crippen LogP contribution in [0.15, 0.2) is 0 Å². The third-order valence-electron chi connectivity index (χ3n) is 2.77. The van der Waals surface area contributed by atoms with Gasteiger partial charge in [0, 0.05) is 19.0 Å². The van der Waals surface area contributed by atoms with Gasteiger partial charge in [0.25, 0.3) is 0 Å². The molecule has 2 aliphatic rings. The fraction of sp³-hybridized carbons (Fsp3) is 0.875. The Balaban J connectivity index is 0.000000605. The van der Waals surface area contributed by atoms with E-state index in [0.717, 1.165) is 13.0 Å². The van der Waals surface area contributed by atoms with Crippen LogP contribution in [0.3, 0.4) is 0 Å². The van der Waals surface area contributed by atoms with Crippen molar-refractivity contribution in [3.63, 3.8) is 0 Å². The maximum atomic E-state index is 11.2. The van der Waals surface area contributed by atoms with Gasteiger partial charge in [-0.15, -0.1) is 12.4 Å². The highest BCUT2D eigenvalue weighted by Crippen LogP contribution is 2.32. The maximum absolute atomic E-state index is 11.2. The molecule has 2 heterocycles. The summed E-state index contributed by atoms with van der Waals surface area (Å²) in [6.45, 7) is 3.21. The summed E-state index contributed by atoms with van der Waals surface area (Å²) in [7, 11) is 0. The van der Waals surface area contributed by atoms with Gasteiger partial charge in [-0.05, 0) is 18.8 Å². The average Bonchev–Trinajstić information content (AvgIpc) is 2.39. The van der Waals surface area contributed by atoms with Gasteiger partial charge in [-0.1, -0.05) is 6.92 Å². The summed E-state index contributed by atoms with van der Waals surface area (Å²) in [6, 6.07) is 0.604. The fourth-order valence-corrected chi connectivity index (χ4v) is 2.22. The quantitative estimate of drug-likeness (QED) is 0.546. The van der Waals surface area contributed by atoms with E-state index >= 15 is 0 Å². The molecule has 0 aromatic carbocycles. The van der Waals surface area contributed by atoms with Crippen molar-refractivity contribution in [2.75, 3.05) is 6.54 Å². The van der Waals surface area contributed by atoms with E-state index in [1.165, 1.54) is 12.8 Å². The SMILES string of the molecule is CC1CC(=O)N2CCCC12.Cl. The van der Waals surface area contributed by atoms with Crippen molar-refractivity contribution >= 4 is 18.3 Å². The Labute approximate surface area is 73.4 Å². The van der Waals surface area contributed by atoms with Crippen LogP contribution in [0.2, 0.25) is 0 Å². The maximum Gasteiger partial charge on any atom is 0.223 e. The molecule has 2 nitrogen and oxygen atoms in total. The van der Waals surface area contributed by atoms with E-state index in [1.54, 1.807) is 0 Å². The lowest BCUT2D eigenvalue weighted by Crippen LogP contribution is -2.28. The van der Waals surface area contributed by atoms with E-state index in [1.807, 2.05) is 0 Å². The van der Waals surface area contributed by atoms with Crippen LogP contribution in [-0.2, 0) is 4.79 Å². The van der Waals surface area contributed by atoms with Crippen molar-refractivity contribution in [2.24, 2.45) is 5.92 Å². The summed E-state index contributed by atoms with van der Waals surface area (Å²) in [5.74, 6) is 1.00. The standard InChI is InChI=1S/C8H13NO.ClH/c1-6-5-8(10)9-4-2-3-7(6)9;/h6-7H,2-5H2,1H3;1H. The first kappa shape index (κ1) is 8.85. The van der Waals surface area contributed by atoms with Crippen LogP contribution in [0.25, 0.3) is 0 Å². The van der Waals surface area contributed by atoms with Gasteiger partial charge in [-0.2, -0.15) is 0 Å². The average molecular weight is 176 g/mol. The van der Waals surface area contributed by atoms with E-state index in [-0.39, 0.29) is 12.4 Å². The van der Waals surface area contributed by atoms with Crippen molar-refractivity contribution in [1.82, 2.24) is 4.90 Å². The summed E-state index contributed by atoms with van der Waals surface area (Å²) < 4.78 is 0. The summed E-state index contributed by atoms with van der Waals surface area (Å²) in [4.78, 5) is 13.3. The van der Waals surface area contributed by atoms with Crippen LogP contribution < -0.4 is 0 Å². The smallest absolute Gasteiger partial charge is 0.223 e. The number of carbonyl (C=O) groups excluding carboxylic acids is 1. The highest BCUT2D eigenvalue weighted by atomic mass is 35.5. The molecule has 3 heteroatoms. The number of carbonyl (C=O) groups is 1.